The Bertz CT molecular complexity index is 700. The van der Waals surface area contributed by atoms with Crippen LogP contribution in [0.15, 0.2) is 24.3 Å². The Morgan fingerprint density at radius 3 is 2.50 bits per heavy atom. The van der Waals surface area contributed by atoms with Crippen LogP contribution in [0.2, 0.25) is 0 Å². The normalized spacial score (nSPS) is 18.8. The van der Waals surface area contributed by atoms with Crippen LogP contribution in [0, 0.1) is 0 Å². The van der Waals surface area contributed by atoms with Gasteiger partial charge in [0.05, 0.1) is 20.2 Å². The lowest BCUT2D eigenvalue weighted by molar-refractivity contribution is -0.143. The monoisotopic (exact) mass is 389 g/mol. The van der Waals surface area contributed by atoms with Crippen LogP contribution in [0.5, 0.6) is 5.75 Å². The zero-order valence-corrected chi connectivity index (χ0v) is 16.2. The second-order valence-corrected chi connectivity index (χ2v) is 7.08. The number of Topliss-reactive ketones (excluding diaryl/α,β-unsaturated/α-hetero) is 1. The highest BCUT2D eigenvalue weighted by molar-refractivity contribution is 5.99. The number of amides is 1. The molecule has 2 heterocycles. The van der Waals surface area contributed by atoms with Crippen LogP contribution >= 0.6 is 0 Å². The van der Waals surface area contributed by atoms with Gasteiger partial charge < -0.3 is 19.7 Å². The van der Waals surface area contributed by atoms with Crippen molar-refractivity contribution in [2.45, 2.75) is 18.9 Å². The summed E-state index contributed by atoms with van der Waals surface area (Å²) in [4.78, 5) is 40.0. The number of nitrogens with zero attached hydrogens (tertiary/aromatic N) is 2. The summed E-state index contributed by atoms with van der Waals surface area (Å²) in [6.45, 7) is 3.67. The van der Waals surface area contributed by atoms with Crippen LogP contribution in [-0.4, -0.2) is 86.5 Å². The van der Waals surface area contributed by atoms with Crippen molar-refractivity contribution in [3.63, 3.8) is 0 Å². The molecule has 0 unspecified atom stereocenters. The van der Waals surface area contributed by atoms with E-state index in [1.165, 1.54) is 7.11 Å². The Hall–Kier alpha value is -2.45. The summed E-state index contributed by atoms with van der Waals surface area (Å²) in [5.41, 5.74) is 0.513. The minimum atomic E-state index is -0.470. The fourth-order valence-electron chi connectivity index (χ4n) is 3.58. The van der Waals surface area contributed by atoms with Gasteiger partial charge in [0.15, 0.2) is 12.4 Å². The lowest BCUT2D eigenvalue weighted by atomic mass is 10.0. The van der Waals surface area contributed by atoms with Gasteiger partial charge in [0, 0.05) is 24.7 Å². The zero-order valence-electron chi connectivity index (χ0n) is 16.2. The molecule has 0 atom stereocenters. The van der Waals surface area contributed by atoms with Gasteiger partial charge in [-0.05, 0) is 50.2 Å². The van der Waals surface area contributed by atoms with Gasteiger partial charge in [0.1, 0.15) is 5.75 Å². The summed E-state index contributed by atoms with van der Waals surface area (Å²) >= 11 is 0. The van der Waals surface area contributed by atoms with Gasteiger partial charge in [-0.1, -0.05) is 0 Å². The first-order valence-corrected chi connectivity index (χ1v) is 9.62. The first-order valence-electron chi connectivity index (χ1n) is 9.62. The number of ketones is 1. The maximum Gasteiger partial charge on any atom is 0.343 e. The summed E-state index contributed by atoms with van der Waals surface area (Å²) in [6, 6.07) is 7.01. The first-order chi connectivity index (χ1) is 13.6. The Kier molecular flexibility index (Phi) is 7.00. The van der Waals surface area contributed by atoms with Gasteiger partial charge in [-0.3, -0.25) is 14.5 Å². The first kappa shape index (κ1) is 20.3. The Labute approximate surface area is 164 Å². The van der Waals surface area contributed by atoms with Crippen molar-refractivity contribution in [3.05, 3.63) is 29.8 Å². The maximum absolute atomic E-state index is 12.5. The van der Waals surface area contributed by atoms with Crippen molar-refractivity contribution >= 4 is 17.7 Å². The topological polar surface area (TPSA) is 88.2 Å². The molecule has 2 aliphatic heterocycles. The van der Waals surface area contributed by atoms with E-state index in [0.29, 0.717) is 30.4 Å². The summed E-state index contributed by atoms with van der Waals surface area (Å²) in [7, 11) is 1.29. The summed E-state index contributed by atoms with van der Waals surface area (Å²) in [5, 5.41) is 3.34. The number of carbonyl (C=O) groups is 3. The number of methoxy groups -OCH3 is 1. The van der Waals surface area contributed by atoms with Crippen LogP contribution in [0.25, 0.3) is 0 Å². The molecule has 1 aromatic carbocycles. The summed E-state index contributed by atoms with van der Waals surface area (Å²) in [6.07, 6.45) is 2.13. The van der Waals surface area contributed by atoms with Crippen LogP contribution in [0.4, 0.5) is 0 Å². The van der Waals surface area contributed by atoms with E-state index in [1.807, 2.05) is 0 Å². The number of esters is 1. The number of hydrogen-bond acceptors (Lipinski definition) is 7. The van der Waals surface area contributed by atoms with Crippen molar-refractivity contribution in [3.8, 4) is 5.75 Å². The average molecular weight is 389 g/mol. The molecule has 2 fully saturated rings. The quantitative estimate of drug-likeness (QED) is 0.531. The third kappa shape index (κ3) is 5.30. The minimum absolute atomic E-state index is 0.0103. The minimum Gasteiger partial charge on any atom is -0.482 e. The number of ether oxygens (including phenoxy) is 2. The number of carbonyl (C=O) groups excluding carboxylic acids is 3. The van der Waals surface area contributed by atoms with Crippen molar-refractivity contribution in [1.82, 2.24) is 15.1 Å². The van der Waals surface area contributed by atoms with Crippen molar-refractivity contribution in [2.75, 3.05) is 53.0 Å². The van der Waals surface area contributed by atoms with E-state index in [-0.39, 0.29) is 24.8 Å². The predicted molar refractivity (Wildman–Crippen MR) is 102 cm³/mol. The molecule has 2 aliphatic rings. The highest BCUT2D eigenvalue weighted by Crippen LogP contribution is 2.17. The summed E-state index contributed by atoms with van der Waals surface area (Å²) < 4.78 is 9.78. The molecule has 3 rings (SSSR count). The summed E-state index contributed by atoms with van der Waals surface area (Å²) in [5.74, 6) is -0.0877. The van der Waals surface area contributed by atoms with Gasteiger partial charge in [-0.15, -0.1) is 0 Å². The zero-order chi connectivity index (χ0) is 19.9. The highest BCUT2D eigenvalue weighted by Gasteiger charge is 2.30. The maximum atomic E-state index is 12.5. The number of piperidine rings is 1. The second-order valence-electron chi connectivity index (χ2n) is 7.08. The number of rotatable bonds is 7. The Morgan fingerprint density at radius 2 is 1.86 bits per heavy atom. The molecule has 8 heteroatoms. The van der Waals surface area contributed by atoms with Gasteiger partial charge in [-0.25, -0.2) is 4.79 Å². The molecule has 2 saturated heterocycles. The Morgan fingerprint density at radius 1 is 1.14 bits per heavy atom. The Balaban J connectivity index is 1.49. The SMILES string of the molecule is COC(=O)COc1ccc(C(=O)CN2CCN(C3CCNCC3)CC2=O)cc1. The van der Waals surface area contributed by atoms with E-state index in [9.17, 15) is 14.4 Å². The fraction of sp³-hybridized carbons (Fsp3) is 0.550. The molecule has 152 valence electrons. The molecule has 28 heavy (non-hydrogen) atoms. The number of hydrogen-bond donors (Lipinski definition) is 1. The van der Waals surface area contributed by atoms with Gasteiger partial charge in [0.25, 0.3) is 0 Å². The van der Waals surface area contributed by atoms with Crippen LogP contribution < -0.4 is 10.1 Å². The van der Waals surface area contributed by atoms with Crippen molar-refractivity contribution < 1.29 is 23.9 Å². The van der Waals surface area contributed by atoms with Gasteiger partial charge in [-0.2, -0.15) is 0 Å². The molecule has 0 saturated carbocycles. The molecular weight excluding hydrogens is 362 g/mol. The van der Waals surface area contributed by atoms with Crippen LogP contribution in [-0.2, 0) is 14.3 Å². The van der Waals surface area contributed by atoms with E-state index < -0.39 is 5.97 Å². The number of benzene rings is 1. The fourth-order valence-corrected chi connectivity index (χ4v) is 3.58. The molecule has 0 radical (unpaired) electrons. The van der Waals surface area contributed by atoms with Crippen molar-refractivity contribution in [1.29, 1.82) is 0 Å². The predicted octanol–water partition coefficient (Wildman–Crippen LogP) is 0.317. The lowest BCUT2D eigenvalue weighted by Crippen LogP contribution is -2.56. The largest absolute Gasteiger partial charge is 0.482 e. The molecule has 1 amide bonds. The van der Waals surface area contributed by atoms with Crippen LogP contribution in [0.1, 0.15) is 23.2 Å². The molecule has 1 aromatic rings. The van der Waals surface area contributed by atoms with E-state index in [4.69, 9.17) is 4.74 Å². The van der Waals surface area contributed by atoms with E-state index in [0.717, 1.165) is 32.5 Å². The standard InChI is InChI=1S/C20H27N3O5/c1-27-20(26)14-28-17-4-2-15(3-5-17)18(24)12-23-11-10-22(13-19(23)25)16-6-8-21-9-7-16/h2-5,16,21H,6-14H2,1H3. The lowest BCUT2D eigenvalue weighted by Gasteiger charge is -2.40. The molecular formula is C20H27N3O5. The molecule has 1 N–H and O–H groups in total. The second kappa shape index (κ2) is 9.66. The van der Waals surface area contributed by atoms with Gasteiger partial charge >= 0.3 is 5.97 Å². The molecule has 0 aromatic heterocycles. The van der Waals surface area contributed by atoms with Crippen molar-refractivity contribution in [2.24, 2.45) is 0 Å². The third-order valence-corrected chi connectivity index (χ3v) is 5.27. The molecule has 0 spiro atoms. The average Bonchev–Trinajstić information content (AvgIpc) is 2.74. The van der Waals surface area contributed by atoms with E-state index in [1.54, 1.807) is 29.2 Å². The molecule has 0 bridgehead atoms. The number of piperazine rings is 1. The molecule has 8 nitrogen and oxygen atoms in total. The third-order valence-electron chi connectivity index (χ3n) is 5.27. The van der Waals surface area contributed by atoms with Crippen LogP contribution in [0.3, 0.4) is 0 Å². The smallest absolute Gasteiger partial charge is 0.343 e. The molecule has 0 aliphatic carbocycles. The number of nitrogens with one attached hydrogen (secondary N) is 1. The van der Waals surface area contributed by atoms with Gasteiger partial charge in [0.2, 0.25) is 5.91 Å². The van der Waals surface area contributed by atoms with E-state index >= 15 is 0 Å². The highest BCUT2D eigenvalue weighted by atomic mass is 16.6. The van der Waals surface area contributed by atoms with E-state index in [2.05, 4.69) is 15.0 Å².